The van der Waals surface area contributed by atoms with Crippen LogP contribution in [0.1, 0.15) is 75.6 Å². The lowest BCUT2D eigenvalue weighted by molar-refractivity contribution is 0.0735. The molecule has 0 aliphatic heterocycles. The van der Waals surface area contributed by atoms with E-state index in [0.717, 1.165) is 64.5 Å². The normalized spacial score (nSPS) is 14.2. The molecule has 0 aromatic heterocycles. The van der Waals surface area contributed by atoms with Crippen molar-refractivity contribution in [3.63, 3.8) is 0 Å². The van der Waals surface area contributed by atoms with Gasteiger partial charge in [0, 0.05) is 31.7 Å². The zero-order chi connectivity index (χ0) is 25.4. The molecule has 0 bridgehead atoms. The minimum absolute atomic E-state index is 0.167. The van der Waals surface area contributed by atoms with E-state index in [1.165, 1.54) is 6.07 Å². The number of ether oxygens (including phenoxy) is 1. The smallest absolute Gasteiger partial charge is 0.253 e. The third kappa shape index (κ3) is 6.98. The number of para-hydroxylation sites is 1. The number of nitrogens with zero attached hydrogens (tertiary/aromatic N) is 2. The summed E-state index contributed by atoms with van der Waals surface area (Å²) in [7, 11) is -2.37. The van der Waals surface area contributed by atoms with Crippen molar-refractivity contribution >= 4 is 21.6 Å². The van der Waals surface area contributed by atoms with Crippen LogP contribution in [0.5, 0.6) is 11.5 Å². The maximum atomic E-state index is 13.5. The second-order valence-electron chi connectivity index (χ2n) is 9.33. The average Bonchev–Trinajstić information content (AvgIpc) is 3.38. The highest BCUT2D eigenvalue weighted by atomic mass is 32.2. The molecular formula is C27H39N3O4S. The molecule has 1 saturated carbocycles. The van der Waals surface area contributed by atoms with Crippen LogP contribution in [-0.2, 0) is 10.0 Å². The monoisotopic (exact) mass is 501 g/mol. The number of carbonyl (C=O) groups excluding carboxylic acids is 1. The van der Waals surface area contributed by atoms with Gasteiger partial charge in [0.25, 0.3) is 5.91 Å². The first-order valence-electron chi connectivity index (χ1n) is 12.7. The fraction of sp³-hybridized carbons (Fsp3) is 0.519. The van der Waals surface area contributed by atoms with Gasteiger partial charge in [0.1, 0.15) is 10.6 Å². The first-order valence-corrected chi connectivity index (χ1v) is 14.3. The second kappa shape index (κ2) is 12.4. The highest BCUT2D eigenvalue weighted by molar-refractivity contribution is 7.89. The number of amides is 1. The van der Waals surface area contributed by atoms with E-state index in [1.54, 1.807) is 30.1 Å². The number of rotatable bonds is 12. The molecule has 35 heavy (non-hydrogen) atoms. The Kier molecular flexibility index (Phi) is 9.57. The van der Waals surface area contributed by atoms with Crippen LogP contribution in [0.15, 0.2) is 47.4 Å². The molecule has 2 aromatic carbocycles. The lowest BCUT2D eigenvalue weighted by Crippen LogP contribution is -2.35. The average molecular weight is 502 g/mol. The Hall–Kier alpha value is -2.58. The van der Waals surface area contributed by atoms with Crippen molar-refractivity contribution in [3.05, 3.63) is 48.0 Å². The van der Waals surface area contributed by atoms with E-state index < -0.39 is 10.0 Å². The van der Waals surface area contributed by atoms with Gasteiger partial charge in [-0.3, -0.25) is 4.79 Å². The predicted molar refractivity (Wildman–Crippen MR) is 141 cm³/mol. The van der Waals surface area contributed by atoms with Crippen molar-refractivity contribution in [2.45, 2.75) is 76.2 Å². The fourth-order valence-electron chi connectivity index (χ4n) is 4.58. The first-order chi connectivity index (χ1) is 16.8. The number of unbranched alkanes of at least 4 members (excludes halogenated alkanes) is 2. The maximum Gasteiger partial charge on any atom is 0.253 e. The standard InChI is InChI=1S/C27H39N3O4S/c1-4-6-17-30(18-7-5-2)24-19-21(27(31)29(3)22-13-11-12-14-22)20-25(35(28,32)33)26(24)34-23-15-9-8-10-16-23/h8-10,15-16,19-20,22H,4-7,11-14,17-18H2,1-3H3,(H2,28,32,33). The topological polar surface area (TPSA) is 92.9 Å². The van der Waals surface area contributed by atoms with Crippen LogP contribution < -0.4 is 14.8 Å². The molecule has 2 N–H and O–H groups in total. The Morgan fingerprint density at radius 1 is 1.03 bits per heavy atom. The number of sulfonamides is 1. The molecule has 2 aromatic rings. The number of carbonyl (C=O) groups is 1. The van der Waals surface area contributed by atoms with Gasteiger partial charge < -0.3 is 14.5 Å². The molecule has 8 heteroatoms. The van der Waals surface area contributed by atoms with E-state index >= 15 is 0 Å². The van der Waals surface area contributed by atoms with E-state index in [-0.39, 0.29) is 22.6 Å². The molecule has 0 atom stereocenters. The van der Waals surface area contributed by atoms with Crippen LogP contribution >= 0.6 is 0 Å². The lowest BCUT2D eigenvalue weighted by Gasteiger charge is -2.30. The first kappa shape index (κ1) is 27.0. The molecule has 0 heterocycles. The van der Waals surface area contributed by atoms with E-state index in [9.17, 15) is 13.2 Å². The molecule has 1 fully saturated rings. The summed E-state index contributed by atoms with van der Waals surface area (Å²) in [6.45, 7) is 5.68. The number of benzene rings is 2. The SMILES string of the molecule is CCCCN(CCCC)c1cc(C(=O)N(C)C2CCCC2)cc(S(N)(=O)=O)c1Oc1ccccc1. The Balaban J connectivity index is 2.17. The Morgan fingerprint density at radius 2 is 1.63 bits per heavy atom. The number of anilines is 1. The zero-order valence-corrected chi connectivity index (χ0v) is 22.0. The summed E-state index contributed by atoms with van der Waals surface area (Å²) in [4.78, 5) is 17.2. The van der Waals surface area contributed by atoms with Gasteiger partial charge in [0.05, 0.1) is 5.69 Å². The molecule has 0 saturated heterocycles. The van der Waals surface area contributed by atoms with Crippen molar-refractivity contribution in [1.29, 1.82) is 0 Å². The van der Waals surface area contributed by atoms with Gasteiger partial charge in [-0.25, -0.2) is 13.6 Å². The van der Waals surface area contributed by atoms with Crippen LogP contribution in [-0.4, -0.2) is 45.4 Å². The van der Waals surface area contributed by atoms with Crippen molar-refractivity contribution in [2.24, 2.45) is 5.14 Å². The van der Waals surface area contributed by atoms with Crippen molar-refractivity contribution in [2.75, 3.05) is 25.0 Å². The molecule has 1 amide bonds. The van der Waals surface area contributed by atoms with Crippen molar-refractivity contribution in [3.8, 4) is 11.5 Å². The minimum Gasteiger partial charge on any atom is -0.454 e. The second-order valence-corrected chi connectivity index (χ2v) is 10.9. The van der Waals surface area contributed by atoms with Crippen LogP contribution in [0.2, 0.25) is 0 Å². The van der Waals surface area contributed by atoms with Crippen LogP contribution in [0.3, 0.4) is 0 Å². The van der Waals surface area contributed by atoms with E-state index in [0.29, 0.717) is 17.0 Å². The molecular weight excluding hydrogens is 462 g/mol. The van der Waals surface area contributed by atoms with E-state index in [4.69, 9.17) is 9.88 Å². The van der Waals surface area contributed by atoms with Gasteiger partial charge in [-0.2, -0.15) is 0 Å². The van der Waals surface area contributed by atoms with Gasteiger partial charge in [-0.15, -0.1) is 0 Å². The number of hydrogen-bond acceptors (Lipinski definition) is 5. The fourth-order valence-corrected chi connectivity index (χ4v) is 5.27. The summed E-state index contributed by atoms with van der Waals surface area (Å²) in [5.74, 6) is 0.484. The van der Waals surface area contributed by atoms with E-state index in [2.05, 4.69) is 18.7 Å². The van der Waals surface area contributed by atoms with Crippen LogP contribution in [0, 0.1) is 0 Å². The summed E-state index contributed by atoms with van der Waals surface area (Å²) in [6.07, 6.45) is 7.96. The summed E-state index contributed by atoms with van der Waals surface area (Å²) in [6, 6.07) is 12.4. The Morgan fingerprint density at radius 3 is 2.17 bits per heavy atom. The third-order valence-corrected chi connectivity index (χ3v) is 7.56. The Labute approximate surface area is 210 Å². The third-order valence-electron chi connectivity index (χ3n) is 6.65. The summed E-state index contributed by atoms with van der Waals surface area (Å²) in [5.41, 5.74) is 0.905. The quantitative estimate of drug-likeness (QED) is 0.412. The molecule has 0 unspecified atom stereocenters. The van der Waals surface area contributed by atoms with Crippen molar-refractivity contribution in [1.82, 2.24) is 4.90 Å². The number of nitrogens with two attached hydrogens (primary N) is 1. The molecule has 192 valence electrons. The van der Waals surface area contributed by atoms with Gasteiger partial charge in [-0.05, 0) is 49.9 Å². The minimum atomic E-state index is -4.17. The van der Waals surface area contributed by atoms with Gasteiger partial charge in [0.15, 0.2) is 5.75 Å². The molecule has 0 spiro atoms. The summed E-state index contributed by atoms with van der Waals surface area (Å²) < 4.78 is 31.8. The molecule has 3 rings (SSSR count). The molecule has 1 aliphatic rings. The highest BCUT2D eigenvalue weighted by Crippen LogP contribution is 2.40. The Bertz CT molecular complexity index is 1080. The summed E-state index contributed by atoms with van der Waals surface area (Å²) in [5, 5.41) is 5.70. The van der Waals surface area contributed by atoms with Gasteiger partial charge >= 0.3 is 0 Å². The largest absolute Gasteiger partial charge is 0.454 e. The van der Waals surface area contributed by atoms with Gasteiger partial charge in [-0.1, -0.05) is 57.7 Å². The molecule has 1 aliphatic carbocycles. The zero-order valence-electron chi connectivity index (χ0n) is 21.2. The predicted octanol–water partition coefficient (Wildman–Crippen LogP) is 5.55. The lowest BCUT2D eigenvalue weighted by atomic mass is 10.1. The van der Waals surface area contributed by atoms with Gasteiger partial charge in [0.2, 0.25) is 10.0 Å². The molecule has 7 nitrogen and oxygen atoms in total. The maximum absolute atomic E-state index is 13.5. The van der Waals surface area contributed by atoms with Crippen LogP contribution in [0.4, 0.5) is 5.69 Å². The summed E-state index contributed by atoms with van der Waals surface area (Å²) >= 11 is 0. The van der Waals surface area contributed by atoms with Crippen LogP contribution in [0.25, 0.3) is 0 Å². The number of primary sulfonamides is 1. The van der Waals surface area contributed by atoms with E-state index in [1.807, 2.05) is 18.2 Å². The highest BCUT2D eigenvalue weighted by Gasteiger charge is 2.29. The van der Waals surface area contributed by atoms with Crippen molar-refractivity contribution < 1.29 is 17.9 Å². The number of hydrogen-bond donors (Lipinski definition) is 1. The molecule has 0 radical (unpaired) electrons.